The molecule has 0 unspecified atom stereocenters. The number of carboxylic acids is 1. The Hall–Kier alpha value is -2.14. The molecule has 0 saturated carbocycles. The molecule has 1 heterocycles. The van der Waals surface area contributed by atoms with Crippen LogP contribution in [0.25, 0.3) is 0 Å². The number of hydrogen-bond donors (Lipinski definition) is 1. The summed E-state index contributed by atoms with van der Waals surface area (Å²) in [6, 6.07) is 7.60. The van der Waals surface area contributed by atoms with Crippen LogP contribution in [0.5, 0.6) is 5.75 Å². The van der Waals surface area contributed by atoms with E-state index in [1.165, 1.54) is 11.3 Å². The highest BCUT2D eigenvalue weighted by Gasteiger charge is 2.24. The van der Waals surface area contributed by atoms with Gasteiger partial charge >= 0.3 is 5.97 Å². The molecule has 5 heteroatoms. The Morgan fingerprint density at radius 1 is 1.35 bits per heavy atom. The molecule has 0 amide bonds. The maximum Gasteiger partial charge on any atom is 0.347 e. The highest BCUT2D eigenvalue weighted by Crippen LogP contribution is 2.30. The zero-order chi connectivity index (χ0) is 17.0. The molecule has 1 N–H and O–H groups in total. The molecule has 1 aromatic carbocycles. The van der Waals surface area contributed by atoms with Crippen molar-refractivity contribution in [1.82, 2.24) is 4.98 Å². The summed E-state index contributed by atoms with van der Waals surface area (Å²) in [5.74, 6) is -0.153. The van der Waals surface area contributed by atoms with Crippen LogP contribution in [-0.2, 0) is 11.8 Å². The number of hydrogen-bond acceptors (Lipinski definition) is 4. The van der Waals surface area contributed by atoms with Gasteiger partial charge in [0.2, 0.25) is 0 Å². The van der Waals surface area contributed by atoms with Crippen LogP contribution in [0.2, 0.25) is 0 Å². The Bertz CT molecular complexity index is 696. The lowest BCUT2D eigenvalue weighted by atomic mass is 9.98. The summed E-state index contributed by atoms with van der Waals surface area (Å²) >= 11 is 1.26. The van der Waals surface area contributed by atoms with E-state index in [1.54, 1.807) is 6.08 Å². The molecule has 0 bridgehead atoms. The average molecular weight is 331 g/mol. The van der Waals surface area contributed by atoms with Crippen LogP contribution in [0.1, 0.15) is 46.7 Å². The van der Waals surface area contributed by atoms with Gasteiger partial charge in [-0.05, 0) is 17.7 Å². The summed E-state index contributed by atoms with van der Waals surface area (Å²) in [5, 5.41) is 10.2. The molecule has 0 radical (unpaired) electrons. The van der Waals surface area contributed by atoms with Crippen LogP contribution < -0.4 is 4.74 Å². The Morgan fingerprint density at radius 3 is 2.52 bits per heavy atom. The Kier molecular flexibility index (Phi) is 5.21. The molecule has 0 fully saturated rings. The first-order valence-corrected chi connectivity index (χ1v) is 8.19. The van der Waals surface area contributed by atoms with Crippen LogP contribution in [-0.4, -0.2) is 22.7 Å². The fourth-order valence-electron chi connectivity index (χ4n) is 2.01. The van der Waals surface area contributed by atoms with Crippen molar-refractivity contribution in [2.24, 2.45) is 0 Å². The SMILES string of the molecule is C=CCOc1ccc(Cc2nc(C(C)(C)C)sc2C(=O)O)cc1. The molecule has 23 heavy (non-hydrogen) atoms. The molecule has 4 nitrogen and oxygen atoms in total. The fourth-order valence-corrected chi connectivity index (χ4v) is 2.99. The lowest BCUT2D eigenvalue weighted by molar-refractivity contribution is 0.0701. The van der Waals surface area contributed by atoms with Crippen molar-refractivity contribution in [2.45, 2.75) is 32.6 Å². The van der Waals surface area contributed by atoms with E-state index in [-0.39, 0.29) is 5.41 Å². The summed E-state index contributed by atoms with van der Waals surface area (Å²) in [5.41, 5.74) is 1.46. The summed E-state index contributed by atoms with van der Waals surface area (Å²) in [6.07, 6.45) is 2.19. The van der Waals surface area contributed by atoms with E-state index in [1.807, 2.05) is 45.0 Å². The summed E-state index contributed by atoms with van der Waals surface area (Å²) in [7, 11) is 0. The number of carbonyl (C=O) groups is 1. The predicted octanol–water partition coefficient (Wildman–Crippen LogP) is 4.29. The Labute approximate surface area is 140 Å². The highest BCUT2D eigenvalue weighted by atomic mass is 32.1. The average Bonchev–Trinajstić information content (AvgIpc) is 2.91. The minimum Gasteiger partial charge on any atom is -0.490 e. The van der Waals surface area contributed by atoms with Gasteiger partial charge < -0.3 is 9.84 Å². The lowest BCUT2D eigenvalue weighted by Crippen LogP contribution is -2.10. The van der Waals surface area contributed by atoms with Gasteiger partial charge in [0.1, 0.15) is 17.2 Å². The molecule has 0 aliphatic heterocycles. The first-order chi connectivity index (χ1) is 10.8. The van der Waals surface area contributed by atoms with E-state index in [0.29, 0.717) is 23.6 Å². The fraction of sp³-hybridized carbons (Fsp3) is 0.333. The third kappa shape index (κ3) is 4.42. The number of thiazole rings is 1. The smallest absolute Gasteiger partial charge is 0.347 e. The maximum atomic E-state index is 11.5. The second-order valence-corrected chi connectivity index (χ2v) is 7.27. The third-order valence-electron chi connectivity index (χ3n) is 3.20. The Morgan fingerprint density at radius 2 is 2.00 bits per heavy atom. The molecular weight excluding hydrogens is 310 g/mol. The third-order valence-corrected chi connectivity index (χ3v) is 4.71. The number of rotatable bonds is 6. The number of nitrogens with zero attached hydrogens (tertiary/aromatic N) is 1. The van der Waals surface area contributed by atoms with Crippen LogP contribution in [0.15, 0.2) is 36.9 Å². The largest absolute Gasteiger partial charge is 0.490 e. The Balaban J connectivity index is 2.23. The lowest BCUT2D eigenvalue weighted by Gasteiger charge is -2.13. The van der Waals surface area contributed by atoms with Crippen LogP contribution >= 0.6 is 11.3 Å². The number of carboxylic acid groups (broad SMARTS) is 1. The first-order valence-electron chi connectivity index (χ1n) is 7.37. The molecule has 2 rings (SSSR count). The van der Waals surface area contributed by atoms with E-state index in [9.17, 15) is 9.90 Å². The first kappa shape index (κ1) is 17.2. The molecule has 122 valence electrons. The van der Waals surface area contributed by atoms with Crippen LogP contribution in [0.3, 0.4) is 0 Å². The number of ether oxygens (including phenoxy) is 1. The quantitative estimate of drug-likeness (QED) is 0.802. The van der Waals surface area contributed by atoms with Gasteiger partial charge in [-0.2, -0.15) is 0 Å². The second kappa shape index (κ2) is 6.96. The molecule has 2 aromatic rings. The van der Waals surface area contributed by atoms with Gasteiger partial charge in [0.05, 0.1) is 10.7 Å². The normalized spacial score (nSPS) is 11.3. The number of aromatic carboxylic acids is 1. The number of aromatic nitrogens is 1. The second-order valence-electron chi connectivity index (χ2n) is 6.27. The van der Waals surface area contributed by atoms with Crippen LogP contribution in [0, 0.1) is 0 Å². The standard InChI is InChI=1S/C18H21NO3S/c1-5-10-22-13-8-6-12(7-9-13)11-14-15(16(20)21)23-17(19-14)18(2,3)4/h5-9H,1,10-11H2,2-4H3,(H,20,21). The molecule has 0 aliphatic rings. The predicted molar refractivity (Wildman–Crippen MR) is 92.7 cm³/mol. The van der Waals surface area contributed by atoms with Gasteiger partial charge in [0, 0.05) is 11.8 Å². The molecule has 0 atom stereocenters. The molecular formula is C18H21NO3S. The molecule has 1 aromatic heterocycles. The monoisotopic (exact) mass is 331 g/mol. The maximum absolute atomic E-state index is 11.5. The molecule has 0 saturated heterocycles. The van der Waals surface area contributed by atoms with Gasteiger partial charge in [-0.3, -0.25) is 0 Å². The van der Waals surface area contributed by atoms with E-state index >= 15 is 0 Å². The van der Waals surface area contributed by atoms with Crippen molar-refractivity contribution in [2.75, 3.05) is 6.61 Å². The summed E-state index contributed by atoms with van der Waals surface area (Å²) < 4.78 is 5.45. The van der Waals surface area contributed by atoms with Gasteiger partial charge in [0.15, 0.2) is 0 Å². The van der Waals surface area contributed by atoms with Crippen molar-refractivity contribution in [1.29, 1.82) is 0 Å². The van der Waals surface area contributed by atoms with E-state index in [0.717, 1.165) is 16.3 Å². The molecule has 0 spiro atoms. The zero-order valence-electron chi connectivity index (χ0n) is 13.6. The summed E-state index contributed by atoms with van der Waals surface area (Å²) in [6.45, 7) is 10.2. The topological polar surface area (TPSA) is 59.4 Å². The van der Waals surface area contributed by atoms with Crippen molar-refractivity contribution in [3.8, 4) is 5.75 Å². The van der Waals surface area contributed by atoms with Crippen LogP contribution in [0.4, 0.5) is 0 Å². The minimum absolute atomic E-state index is 0.157. The van der Waals surface area contributed by atoms with Gasteiger partial charge in [-0.15, -0.1) is 11.3 Å². The van der Waals surface area contributed by atoms with Gasteiger partial charge in [0.25, 0.3) is 0 Å². The highest BCUT2D eigenvalue weighted by molar-refractivity contribution is 7.13. The van der Waals surface area contributed by atoms with Crippen molar-refractivity contribution in [3.63, 3.8) is 0 Å². The van der Waals surface area contributed by atoms with Gasteiger partial charge in [-0.25, -0.2) is 9.78 Å². The number of benzene rings is 1. The zero-order valence-corrected chi connectivity index (χ0v) is 14.4. The van der Waals surface area contributed by atoms with E-state index in [4.69, 9.17) is 4.74 Å². The van der Waals surface area contributed by atoms with Gasteiger partial charge in [-0.1, -0.05) is 45.6 Å². The summed E-state index contributed by atoms with van der Waals surface area (Å²) in [4.78, 5) is 16.4. The minimum atomic E-state index is -0.918. The van der Waals surface area contributed by atoms with E-state index < -0.39 is 5.97 Å². The van der Waals surface area contributed by atoms with Crippen molar-refractivity contribution >= 4 is 17.3 Å². The van der Waals surface area contributed by atoms with E-state index in [2.05, 4.69) is 11.6 Å². The molecule has 0 aliphatic carbocycles. The van der Waals surface area contributed by atoms with Crippen molar-refractivity contribution < 1.29 is 14.6 Å². The van der Waals surface area contributed by atoms with Crippen molar-refractivity contribution in [3.05, 3.63) is 58.1 Å².